The van der Waals surface area contributed by atoms with Crippen LogP contribution < -0.4 is 4.90 Å². The molecule has 50 heavy (non-hydrogen) atoms. The Balaban J connectivity index is 1.03. The molecule has 2 nitrogen and oxygen atoms in total. The molecule has 1 aromatic heterocycles. The SMILES string of the molecule is c1ccc(-c2ccc(-c3ccc(N(c4ccccc4)c4ccc(-c5cccc(-n6c7ccccc7c7ccccc76)c5)cc4)cc3)cc2)cc1. The number of para-hydroxylation sites is 3. The molecule has 0 N–H and O–H groups in total. The van der Waals surface area contributed by atoms with Crippen LogP contribution in [0.2, 0.25) is 0 Å². The molecule has 0 amide bonds. The van der Waals surface area contributed by atoms with Gasteiger partial charge in [0.05, 0.1) is 11.0 Å². The number of hydrogen-bond donors (Lipinski definition) is 0. The molecule has 2 heteroatoms. The zero-order valence-corrected chi connectivity index (χ0v) is 27.5. The first kappa shape index (κ1) is 29.5. The lowest BCUT2D eigenvalue weighted by Crippen LogP contribution is -2.09. The van der Waals surface area contributed by atoms with Gasteiger partial charge in [-0.25, -0.2) is 0 Å². The molecule has 0 aliphatic heterocycles. The first-order chi connectivity index (χ1) is 24.8. The highest BCUT2D eigenvalue weighted by Gasteiger charge is 2.15. The minimum Gasteiger partial charge on any atom is -0.311 e. The highest BCUT2D eigenvalue weighted by molar-refractivity contribution is 6.09. The van der Waals surface area contributed by atoms with Gasteiger partial charge in [0.15, 0.2) is 0 Å². The molecule has 0 saturated carbocycles. The van der Waals surface area contributed by atoms with Gasteiger partial charge in [0, 0.05) is 33.5 Å². The Morgan fingerprint density at radius 3 is 1.20 bits per heavy atom. The van der Waals surface area contributed by atoms with E-state index in [1.807, 2.05) is 0 Å². The topological polar surface area (TPSA) is 8.17 Å². The molecule has 1 heterocycles. The number of rotatable bonds is 7. The molecule has 0 atom stereocenters. The van der Waals surface area contributed by atoms with Gasteiger partial charge in [-0.15, -0.1) is 0 Å². The van der Waals surface area contributed by atoms with Crippen molar-refractivity contribution in [2.45, 2.75) is 0 Å². The summed E-state index contributed by atoms with van der Waals surface area (Å²) in [5, 5.41) is 2.54. The van der Waals surface area contributed by atoms with E-state index in [9.17, 15) is 0 Å². The van der Waals surface area contributed by atoms with E-state index in [2.05, 4.69) is 216 Å². The summed E-state index contributed by atoms with van der Waals surface area (Å²) in [4.78, 5) is 2.32. The van der Waals surface area contributed by atoms with Crippen LogP contribution in [0.5, 0.6) is 0 Å². The van der Waals surface area contributed by atoms with Crippen molar-refractivity contribution in [1.82, 2.24) is 4.57 Å². The second kappa shape index (κ2) is 12.8. The molecule has 0 saturated heterocycles. The first-order valence-corrected chi connectivity index (χ1v) is 17.1. The molecule has 9 rings (SSSR count). The molecular formula is C48H34N2. The molecule has 0 aliphatic rings. The number of hydrogen-bond acceptors (Lipinski definition) is 1. The average Bonchev–Trinajstić information content (AvgIpc) is 3.54. The van der Waals surface area contributed by atoms with Crippen LogP contribution in [0.15, 0.2) is 206 Å². The maximum Gasteiger partial charge on any atom is 0.0541 e. The molecule has 0 aliphatic carbocycles. The number of anilines is 3. The summed E-state index contributed by atoms with van der Waals surface area (Å²) in [6.07, 6.45) is 0. The standard InChI is InChI=1S/C48H34N2/c1-3-12-35(13-4-1)36-22-24-37(25-23-36)38-26-30-42(31-27-38)49(41-15-5-2-6-16-41)43-32-28-39(29-33-43)40-14-11-17-44(34-40)50-47-20-9-7-18-45(47)46-19-8-10-21-48(46)50/h1-34H. The minimum absolute atomic E-state index is 1.11. The Kier molecular flexibility index (Phi) is 7.53. The van der Waals surface area contributed by atoms with Gasteiger partial charge in [0.2, 0.25) is 0 Å². The quantitative estimate of drug-likeness (QED) is 0.169. The van der Waals surface area contributed by atoms with Gasteiger partial charge in [-0.3, -0.25) is 0 Å². The van der Waals surface area contributed by atoms with Crippen molar-refractivity contribution < 1.29 is 0 Å². The van der Waals surface area contributed by atoms with E-state index in [-0.39, 0.29) is 0 Å². The van der Waals surface area contributed by atoms with Gasteiger partial charge in [0.1, 0.15) is 0 Å². The van der Waals surface area contributed by atoms with E-state index in [1.54, 1.807) is 0 Å². The summed E-state index contributed by atoms with van der Waals surface area (Å²) in [6, 6.07) is 73.9. The molecule has 0 spiro atoms. The van der Waals surface area contributed by atoms with E-state index < -0.39 is 0 Å². The fourth-order valence-electron chi connectivity index (χ4n) is 7.14. The van der Waals surface area contributed by atoms with Gasteiger partial charge in [-0.2, -0.15) is 0 Å². The second-order valence-electron chi connectivity index (χ2n) is 12.6. The Labute approximate surface area is 292 Å². The lowest BCUT2D eigenvalue weighted by atomic mass is 10.00. The van der Waals surface area contributed by atoms with Crippen LogP contribution in [0.4, 0.5) is 17.1 Å². The van der Waals surface area contributed by atoms with Crippen LogP contribution >= 0.6 is 0 Å². The third-order valence-corrected chi connectivity index (χ3v) is 9.61. The summed E-state index contributed by atoms with van der Waals surface area (Å²) in [6.45, 7) is 0. The summed E-state index contributed by atoms with van der Waals surface area (Å²) >= 11 is 0. The molecule has 0 radical (unpaired) electrons. The number of benzene rings is 8. The number of aromatic nitrogens is 1. The fraction of sp³-hybridized carbons (Fsp3) is 0. The van der Waals surface area contributed by atoms with Crippen molar-refractivity contribution in [3.63, 3.8) is 0 Å². The van der Waals surface area contributed by atoms with E-state index in [1.165, 1.54) is 55.2 Å². The van der Waals surface area contributed by atoms with Gasteiger partial charge >= 0.3 is 0 Å². The molecule has 9 aromatic rings. The van der Waals surface area contributed by atoms with Gasteiger partial charge in [-0.05, 0) is 94.0 Å². The van der Waals surface area contributed by atoms with Crippen molar-refractivity contribution >= 4 is 38.9 Å². The van der Waals surface area contributed by atoms with E-state index >= 15 is 0 Å². The zero-order chi connectivity index (χ0) is 33.3. The first-order valence-electron chi connectivity index (χ1n) is 17.1. The zero-order valence-electron chi connectivity index (χ0n) is 27.5. The minimum atomic E-state index is 1.11. The molecule has 0 fully saturated rings. The number of fused-ring (bicyclic) bond motifs is 3. The summed E-state index contributed by atoms with van der Waals surface area (Å²) in [7, 11) is 0. The van der Waals surface area contributed by atoms with Gasteiger partial charge in [-0.1, -0.05) is 146 Å². The normalized spacial score (nSPS) is 11.2. The largest absolute Gasteiger partial charge is 0.311 e. The van der Waals surface area contributed by atoms with Crippen LogP contribution in [-0.2, 0) is 0 Å². The van der Waals surface area contributed by atoms with Crippen molar-refractivity contribution in [3.8, 4) is 39.1 Å². The summed E-state index contributed by atoms with van der Waals surface area (Å²) in [5.74, 6) is 0. The van der Waals surface area contributed by atoms with Gasteiger partial charge < -0.3 is 9.47 Å². The predicted molar refractivity (Wildman–Crippen MR) is 212 cm³/mol. The van der Waals surface area contributed by atoms with Gasteiger partial charge in [0.25, 0.3) is 0 Å². The third kappa shape index (κ3) is 5.43. The maximum absolute atomic E-state index is 2.38. The maximum atomic E-state index is 2.38. The molecule has 0 unspecified atom stereocenters. The molecular weight excluding hydrogens is 605 g/mol. The average molecular weight is 639 g/mol. The van der Waals surface area contributed by atoms with E-state index in [0.717, 1.165) is 22.7 Å². The van der Waals surface area contributed by atoms with Crippen LogP contribution in [0.25, 0.3) is 60.9 Å². The van der Waals surface area contributed by atoms with Crippen molar-refractivity contribution in [2.75, 3.05) is 4.90 Å². The smallest absolute Gasteiger partial charge is 0.0541 e. The molecule has 8 aromatic carbocycles. The second-order valence-corrected chi connectivity index (χ2v) is 12.6. The van der Waals surface area contributed by atoms with E-state index in [0.29, 0.717) is 0 Å². The Morgan fingerprint density at radius 1 is 0.280 bits per heavy atom. The van der Waals surface area contributed by atoms with Crippen LogP contribution in [0.3, 0.4) is 0 Å². The van der Waals surface area contributed by atoms with E-state index in [4.69, 9.17) is 0 Å². The van der Waals surface area contributed by atoms with Crippen molar-refractivity contribution in [1.29, 1.82) is 0 Å². The van der Waals surface area contributed by atoms with Crippen LogP contribution in [0.1, 0.15) is 0 Å². The Bertz CT molecular complexity index is 2490. The fourth-order valence-corrected chi connectivity index (χ4v) is 7.14. The predicted octanol–water partition coefficient (Wildman–Crippen LogP) is 13.3. The molecule has 0 bridgehead atoms. The summed E-state index contributed by atoms with van der Waals surface area (Å²) in [5.41, 5.74) is 14.2. The van der Waals surface area contributed by atoms with Crippen LogP contribution in [-0.4, -0.2) is 4.57 Å². The summed E-state index contributed by atoms with van der Waals surface area (Å²) < 4.78 is 2.38. The highest BCUT2D eigenvalue weighted by Crippen LogP contribution is 2.38. The van der Waals surface area contributed by atoms with Crippen molar-refractivity contribution in [2.24, 2.45) is 0 Å². The van der Waals surface area contributed by atoms with Crippen LogP contribution in [0, 0.1) is 0 Å². The lowest BCUT2D eigenvalue weighted by molar-refractivity contribution is 1.18. The number of nitrogens with zero attached hydrogens (tertiary/aromatic N) is 2. The monoisotopic (exact) mass is 638 g/mol. The third-order valence-electron chi connectivity index (χ3n) is 9.61. The highest BCUT2D eigenvalue weighted by atomic mass is 15.1. The Hall–Kier alpha value is -6.64. The lowest BCUT2D eigenvalue weighted by Gasteiger charge is -2.26. The molecule has 236 valence electrons. The Morgan fingerprint density at radius 2 is 0.660 bits per heavy atom. The van der Waals surface area contributed by atoms with Crippen molar-refractivity contribution in [3.05, 3.63) is 206 Å².